The highest BCUT2D eigenvalue weighted by molar-refractivity contribution is 5.77. The van der Waals surface area contributed by atoms with Crippen molar-refractivity contribution >= 4 is 28.3 Å². The third-order valence-corrected chi connectivity index (χ3v) is 5.65. The van der Waals surface area contributed by atoms with E-state index in [1.165, 1.54) is 0 Å². The number of aromatic nitrogens is 4. The Kier molecular flexibility index (Phi) is 5.00. The molecule has 1 fully saturated rings. The van der Waals surface area contributed by atoms with Gasteiger partial charge in [-0.05, 0) is 35.9 Å². The number of pyridine rings is 1. The molecular weight excluding hydrogens is 418 g/mol. The Labute approximate surface area is 189 Å². The van der Waals surface area contributed by atoms with E-state index in [4.69, 9.17) is 19.2 Å². The van der Waals surface area contributed by atoms with E-state index in [0.29, 0.717) is 25.6 Å². The van der Waals surface area contributed by atoms with Crippen molar-refractivity contribution in [3.8, 4) is 11.3 Å². The van der Waals surface area contributed by atoms with Crippen molar-refractivity contribution in [2.45, 2.75) is 6.54 Å². The van der Waals surface area contributed by atoms with E-state index in [-0.39, 0.29) is 0 Å². The molecule has 9 nitrogen and oxygen atoms in total. The van der Waals surface area contributed by atoms with Crippen LogP contribution in [0.2, 0.25) is 0 Å². The van der Waals surface area contributed by atoms with Crippen LogP contribution in [0, 0.1) is 0 Å². The molecule has 1 aromatic carbocycles. The predicted octanol–water partition coefficient (Wildman–Crippen LogP) is 4.66. The Bertz CT molecular complexity index is 1440. The number of azo groups is 1. The predicted molar refractivity (Wildman–Crippen MR) is 124 cm³/mol. The Morgan fingerprint density at radius 2 is 1.85 bits per heavy atom. The fourth-order valence-corrected chi connectivity index (χ4v) is 3.98. The van der Waals surface area contributed by atoms with Crippen molar-refractivity contribution in [3.63, 3.8) is 0 Å². The Morgan fingerprint density at radius 3 is 2.73 bits per heavy atom. The van der Waals surface area contributed by atoms with E-state index in [1.807, 2.05) is 47.0 Å². The second-order valence-electron chi connectivity index (χ2n) is 7.80. The zero-order valence-corrected chi connectivity index (χ0v) is 17.8. The molecule has 0 saturated carbocycles. The molecule has 0 N–H and O–H groups in total. The topological polar surface area (TPSA) is 93.4 Å². The second kappa shape index (κ2) is 8.44. The summed E-state index contributed by atoms with van der Waals surface area (Å²) in [6, 6.07) is 15.7. The molecule has 0 unspecified atom stereocenters. The van der Waals surface area contributed by atoms with Crippen LogP contribution in [0.4, 0.5) is 11.6 Å². The van der Waals surface area contributed by atoms with Crippen LogP contribution in [0.3, 0.4) is 0 Å². The van der Waals surface area contributed by atoms with Gasteiger partial charge >= 0.3 is 0 Å². The third kappa shape index (κ3) is 3.94. The summed E-state index contributed by atoms with van der Waals surface area (Å²) in [7, 11) is 0. The molecule has 1 saturated heterocycles. The van der Waals surface area contributed by atoms with Crippen molar-refractivity contribution in [2.24, 2.45) is 10.2 Å². The number of nitrogens with zero attached hydrogens (tertiary/aromatic N) is 7. The van der Waals surface area contributed by atoms with Gasteiger partial charge in [0.15, 0.2) is 11.5 Å². The molecule has 9 heteroatoms. The molecule has 5 heterocycles. The van der Waals surface area contributed by atoms with Crippen LogP contribution in [0.5, 0.6) is 0 Å². The fourth-order valence-electron chi connectivity index (χ4n) is 3.98. The molecule has 0 atom stereocenters. The lowest BCUT2D eigenvalue weighted by molar-refractivity contribution is 0.122. The Balaban J connectivity index is 1.34. The maximum atomic E-state index is 5.53. The minimum atomic E-state index is 0.461. The van der Waals surface area contributed by atoms with Gasteiger partial charge in [0.1, 0.15) is 11.4 Å². The Hall–Kier alpha value is -4.11. The smallest absolute Gasteiger partial charge is 0.179 e. The lowest BCUT2D eigenvalue weighted by Gasteiger charge is -2.28. The number of hydrogen-bond donors (Lipinski definition) is 0. The number of anilines is 1. The summed E-state index contributed by atoms with van der Waals surface area (Å²) in [4.78, 5) is 11.0. The zero-order valence-electron chi connectivity index (χ0n) is 17.8. The minimum absolute atomic E-state index is 0.461. The highest BCUT2D eigenvalue weighted by atomic mass is 16.5. The van der Waals surface area contributed by atoms with E-state index >= 15 is 0 Å². The average Bonchev–Trinajstić information content (AvgIpc) is 3.51. The maximum absolute atomic E-state index is 5.53. The highest BCUT2D eigenvalue weighted by Crippen LogP contribution is 2.27. The van der Waals surface area contributed by atoms with Gasteiger partial charge in [-0.25, -0.2) is 4.98 Å². The first-order chi connectivity index (χ1) is 16.3. The lowest BCUT2D eigenvalue weighted by atomic mass is 10.2. The largest absolute Gasteiger partial charge is 0.464 e. The molecular formula is C24H21N7O2. The number of furan rings is 1. The normalized spacial score (nSPS) is 14.6. The number of morpholine rings is 1. The summed E-state index contributed by atoms with van der Waals surface area (Å²) in [5, 5.41) is 14.7. The molecule has 164 valence electrons. The van der Waals surface area contributed by atoms with Crippen LogP contribution in [0.25, 0.3) is 27.9 Å². The molecule has 5 aromatic rings. The van der Waals surface area contributed by atoms with E-state index in [9.17, 15) is 0 Å². The zero-order chi connectivity index (χ0) is 22.0. The molecule has 1 aliphatic rings. The van der Waals surface area contributed by atoms with Gasteiger partial charge in [0.05, 0.1) is 31.7 Å². The second-order valence-corrected chi connectivity index (χ2v) is 7.80. The summed E-state index contributed by atoms with van der Waals surface area (Å²) in [6.07, 6.45) is 5.21. The molecule has 4 aromatic heterocycles. The highest BCUT2D eigenvalue weighted by Gasteiger charge is 2.18. The molecule has 33 heavy (non-hydrogen) atoms. The van der Waals surface area contributed by atoms with E-state index in [1.54, 1.807) is 18.7 Å². The number of fused-ring (bicyclic) bond motifs is 2. The summed E-state index contributed by atoms with van der Waals surface area (Å²) in [5.74, 6) is 1.48. The van der Waals surface area contributed by atoms with Crippen molar-refractivity contribution in [1.29, 1.82) is 0 Å². The monoisotopic (exact) mass is 439 g/mol. The van der Waals surface area contributed by atoms with Crippen molar-refractivity contribution in [2.75, 3.05) is 31.2 Å². The van der Waals surface area contributed by atoms with Crippen LogP contribution in [-0.2, 0) is 11.3 Å². The van der Waals surface area contributed by atoms with Crippen molar-refractivity contribution < 1.29 is 9.15 Å². The summed E-state index contributed by atoms with van der Waals surface area (Å²) < 4.78 is 12.8. The molecule has 0 amide bonds. The van der Waals surface area contributed by atoms with Crippen LogP contribution >= 0.6 is 0 Å². The lowest BCUT2D eigenvalue weighted by Crippen LogP contribution is -2.37. The number of benzene rings is 1. The van der Waals surface area contributed by atoms with E-state index in [2.05, 4.69) is 26.2 Å². The van der Waals surface area contributed by atoms with Gasteiger partial charge < -0.3 is 14.1 Å². The van der Waals surface area contributed by atoms with Gasteiger partial charge in [0.25, 0.3) is 0 Å². The molecule has 6 rings (SSSR count). The summed E-state index contributed by atoms with van der Waals surface area (Å²) >= 11 is 0. The summed E-state index contributed by atoms with van der Waals surface area (Å²) in [5.41, 5.74) is 4.47. The molecule has 0 radical (unpaired) electrons. The first-order valence-electron chi connectivity index (χ1n) is 10.8. The first-order valence-corrected chi connectivity index (χ1v) is 10.8. The number of ether oxygens (including phenoxy) is 1. The minimum Gasteiger partial charge on any atom is -0.464 e. The summed E-state index contributed by atoms with van der Waals surface area (Å²) in [6.45, 7) is 3.38. The van der Waals surface area contributed by atoms with Crippen LogP contribution < -0.4 is 4.90 Å². The van der Waals surface area contributed by atoms with E-state index in [0.717, 1.165) is 52.3 Å². The van der Waals surface area contributed by atoms with Gasteiger partial charge in [-0.2, -0.15) is 14.7 Å². The Morgan fingerprint density at radius 1 is 0.970 bits per heavy atom. The quantitative estimate of drug-likeness (QED) is 0.370. The van der Waals surface area contributed by atoms with Gasteiger partial charge in [-0.1, -0.05) is 6.07 Å². The average molecular weight is 439 g/mol. The molecule has 1 aliphatic heterocycles. The van der Waals surface area contributed by atoms with Crippen LogP contribution in [0.15, 0.2) is 81.8 Å². The maximum Gasteiger partial charge on any atom is 0.179 e. The van der Waals surface area contributed by atoms with Gasteiger partial charge in [0.2, 0.25) is 0 Å². The van der Waals surface area contributed by atoms with E-state index < -0.39 is 0 Å². The number of rotatable bonds is 5. The first kappa shape index (κ1) is 19.6. The third-order valence-electron chi connectivity index (χ3n) is 5.65. The molecule has 0 bridgehead atoms. The van der Waals surface area contributed by atoms with Crippen LogP contribution in [0.1, 0.15) is 5.56 Å². The number of hydrogen-bond acceptors (Lipinski definition) is 8. The fraction of sp³-hybridized carbons (Fsp3) is 0.208. The van der Waals surface area contributed by atoms with Gasteiger partial charge in [0, 0.05) is 48.6 Å². The standard InChI is InChI=1S/C24H21N7O2/c1-2-21-19(5-10-33-21)13-17(1)16-26-28-22-15-24(30-8-11-32-12-9-30)31-23(27-22)14-20(29-31)18-3-6-25-7-4-18/h1-7,10,13-15H,8-9,11-12,16H2. The van der Waals surface area contributed by atoms with Crippen molar-refractivity contribution in [3.05, 3.63) is 72.8 Å². The van der Waals surface area contributed by atoms with Crippen LogP contribution in [-0.4, -0.2) is 45.9 Å². The van der Waals surface area contributed by atoms with Crippen molar-refractivity contribution in [1.82, 2.24) is 19.6 Å². The molecule has 0 spiro atoms. The SMILES string of the molecule is c1cc(-c2cc3nc(N=NCc4ccc5occc5c4)cc(N4CCOCC4)n3n2)ccn1. The van der Waals surface area contributed by atoms with Gasteiger partial charge in [-0.15, -0.1) is 5.11 Å². The molecule has 0 aliphatic carbocycles. The van der Waals surface area contributed by atoms with Gasteiger partial charge in [-0.3, -0.25) is 4.98 Å².